The predicted molar refractivity (Wildman–Crippen MR) is 92.7 cm³/mol. The predicted octanol–water partition coefficient (Wildman–Crippen LogP) is 2.85. The van der Waals surface area contributed by atoms with Gasteiger partial charge in [0.1, 0.15) is 18.1 Å². The van der Waals surface area contributed by atoms with Crippen LogP contribution in [0.4, 0.5) is 5.82 Å². The van der Waals surface area contributed by atoms with E-state index in [1.165, 1.54) is 23.0 Å². The van der Waals surface area contributed by atoms with Gasteiger partial charge in [-0.25, -0.2) is 0 Å². The van der Waals surface area contributed by atoms with Crippen molar-refractivity contribution in [2.24, 2.45) is 0 Å². The maximum Gasteiger partial charge on any atom is 0.389 e. The highest BCUT2D eigenvalue weighted by molar-refractivity contribution is 6.07. The van der Waals surface area contributed by atoms with Crippen LogP contribution in [0.15, 0.2) is 41.1 Å². The van der Waals surface area contributed by atoms with Gasteiger partial charge in [-0.3, -0.25) is 9.48 Å². The van der Waals surface area contributed by atoms with E-state index in [0.717, 1.165) is 5.69 Å². The Bertz CT molecular complexity index is 979. The lowest BCUT2D eigenvalue weighted by atomic mass is 10.1. The van der Waals surface area contributed by atoms with E-state index in [2.05, 4.69) is 10.2 Å². The van der Waals surface area contributed by atoms with Gasteiger partial charge in [-0.05, 0) is 43.1 Å². The fourth-order valence-corrected chi connectivity index (χ4v) is 2.52. The molecule has 0 aliphatic carbocycles. The van der Waals surface area contributed by atoms with Gasteiger partial charge in [-0.2, -0.15) is 9.78 Å². The number of hydrogen-bond donors (Lipinski definition) is 0. The monoisotopic (exact) mass is 355 g/mol. The van der Waals surface area contributed by atoms with Crippen LogP contribution in [0.5, 0.6) is 0 Å². The second-order valence-electron chi connectivity index (χ2n) is 5.59. The number of carbonyl (C=O) groups excluding carboxylic acids is 1. The van der Waals surface area contributed by atoms with Crippen LogP contribution in [0.3, 0.4) is 0 Å². The summed E-state index contributed by atoms with van der Waals surface area (Å²) in [4.78, 5) is 22.4. The maximum absolute atomic E-state index is 12.3. The lowest BCUT2D eigenvalue weighted by Gasteiger charge is -1.99. The standard InChI is InChI=1S/C17H17N5O4/c1-3-21-12(2)15(10-18-21)16(23)7-6-13-4-5-14(26-13)11-20-9-8-17(19-20)22(24)25/h4-10H,3,11H2,1-2H3/b7-6+. The number of furan rings is 1. The van der Waals surface area contributed by atoms with Gasteiger partial charge in [0.05, 0.1) is 29.1 Å². The van der Waals surface area contributed by atoms with Crippen LogP contribution in [-0.2, 0) is 13.1 Å². The SMILES string of the molecule is CCn1ncc(C(=O)/C=C/c2ccc(Cn3ccc([N+](=O)[O-])n3)o2)c1C. The molecule has 0 N–H and O–H groups in total. The van der Waals surface area contributed by atoms with Crippen molar-refractivity contribution in [1.82, 2.24) is 19.6 Å². The van der Waals surface area contributed by atoms with Crippen LogP contribution >= 0.6 is 0 Å². The third kappa shape index (κ3) is 3.61. The second-order valence-corrected chi connectivity index (χ2v) is 5.59. The summed E-state index contributed by atoms with van der Waals surface area (Å²) >= 11 is 0. The van der Waals surface area contributed by atoms with Crippen molar-refractivity contribution in [1.29, 1.82) is 0 Å². The number of nitrogens with zero attached hydrogens (tertiary/aromatic N) is 5. The van der Waals surface area contributed by atoms with Gasteiger partial charge >= 0.3 is 5.82 Å². The van der Waals surface area contributed by atoms with Gasteiger partial charge in [0.25, 0.3) is 0 Å². The molecule has 0 aromatic carbocycles. The topological polar surface area (TPSA) is 109 Å². The van der Waals surface area contributed by atoms with Gasteiger partial charge in [-0.15, -0.1) is 0 Å². The summed E-state index contributed by atoms with van der Waals surface area (Å²) in [7, 11) is 0. The summed E-state index contributed by atoms with van der Waals surface area (Å²) in [6.07, 6.45) is 6.09. The maximum atomic E-state index is 12.3. The normalized spacial score (nSPS) is 11.3. The van der Waals surface area contributed by atoms with Gasteiger partial charge < -0.3 is 14.5 Å². The second kappa shape index (κ2) is 7.18. The molecule has 0 bridgehead atoms. The molecule has 9 heteroatoms. The number of carbonyl (C=O) groups is 1. The Hall–Kier alpha value is -3.49. The van der Waals surface area contributed by atoms with Crippen LogP contribution in [0.2, 0.25) is 0 Å². The molecule has 0 saturated carbocycles. The molecule has 0 fully saturated rings. The van der Waals surface area contributed by atoms with E-state index in [0.29, 0.717) is 23.6 Å². The lowest BCUT2D eigenvalue weighted by molar-refractivity contribution is -0.389. The van der Waals surface area contributed by atoms with Gasteiger partial charge in [0.2, 0.25) is 0 Å². The number of allylic oxidation sites excluding steroid dienone is 1. The molecule has 0 spiro atoms. The minimum absolute atomic E-state index is 0.150. The first-order valence-corrected chi connectivity index (χ1v) is 7.99. The van der Waals surface area contributed by atoms with Crippen LogP contribution in [0, 0.1) is 17.0 Å². The number of nitro groups is 1. The molecule has 3 aromatic heterocycles. The van der Waals surface area contributed by atoms with Crippen LogP contribution in [0.25, 0.3) is 6.08 Å². The quantitative estimate of drug-likeness (QED) is 0.279. The van der Waals surface area contributed by atoms with E-state index in [-0.39, 0.29) is 18.1 Å². The molecule has 3 heterocycles. The Balaban J connectivity index is 1.67. The fraction of sp³-hybridized carbons (Fsp3) is 0.235. The number of ketones is 1. The zero-order valence-electron chi connectivity index (χ0n) is 14.3. The molecule has 0 atom stereocenters. The van der Waals surface area contributed by atoms with Gasteiger partial charge in [0.15, 0.2) is 5.78 Å². The Morgan fingerprint density at radius 1 is 1.38 bits per heavy atom. The number of hydrogen-bond acceptors (Lipinski definition) is 6. The van der Waals surface area contributed by atoms with E-state index in [9.17, 15) is 14.9 Å². The first-order valence-electron chi connectivity index (χ1n) is 7.99. The summed E-state index contributed by atoms with van der Waals surface area (Å²) in [6, 6.07) is 4.78. The van der Waals surface area contributed by atoms with Crippen molar-refractivity contribution >= 4 is 17.7 Å². The van der Waals surface area contributed by atoms with E-state index in [4.69, 9.17) is 4.42 Å². The van der Waals surface area contributed by atoms with E-state index in [1.54, 1.807) is 29.1 Å². The highest BCUT2D eigenvalue weighted by Gasteiger charge is 2.13. The zero-order valence-corrected chi connectivity index (χ0v) is 14.3. The van der Waals surface area contributed by atoms with Crippen molar-refractivity contribution in [2.75, 3.05) is 0 Å². The summed E-state index contributed by atoms with van der Waals surface area (Å²) in [5.74, 6) is 0.716. The average Bonchev–Trinajstić information content (AvgIpc) is 3.33. The van der Waals surface area contributed by atoms with Crippen molar-refractivity contribution in [3.8, 4) is 0 Å². The Morgan fingerprint density at radius 3 is 2.85 bits per heavy atom. The summed E-state index contributed by atoms with van der Waals surface area (Å²) in [5.41, 5.74) is 1.38. The minimum Gasteiger partial charge on any atom is -0.460 e. The zero-order chi connectivity index (χ0) is 18.7. The molecule has 3 rings (SSSR count). The Morgan fingerprint density at radius 2 is 2.19 bits per heavy atom. The number of aryl methyl sites for hydroxylation is 1. The number of aromatic nitrogens is 4. The first kappa shape index (κ1) is 17.3. The van der Waals surface area contributed by atoms with Crippen LogP contribution in [0.1, 0.15) is 34.5 Å². The molecule has 0 aliphatic rings. The average molecular weight is 355 g/mol. The summed E-state index contributed by atoms with van der Waals surface area (Å²) in [6.45, 7) is 4.78. The van der Waals surface area contributed by atoms with Crippen molar-refractivity contribution in [3.63, 3.8) is 0 Å². The van der Waals surface area contributed by atoms with E-state index < -0.39 is 4.92 Å². The molecule has 0 radical (unpaired) electrons. The number of rotatable bonds is 7. The summed E-state index contributed by atoms with van der Waals surface area (Å²) < 4.78 is 8.78. The fourth-order valence-electron chi connectivity index (χ4n) is 2.52. The molecule has 0 amide bonds. The molecule has 0 unspecified atom stereocenters. The Kier molecular flexibility index (Phi) is 4.78. The van der Waals surface area contributed by atoms with E-state index in [1.807, 2.05) is 13.8 Å². The smallest absolute Gasteiger partial charge is 0.389 e. The van der Waals surface area contributed by atoms with Crippen molar-refractivity contribution in [3.05, 3.63) is 69.6 Å². The molecule has 0 aliphatic heterocycles. The molecule has 9 nitrogen and oxygen atoms in total. The third-order valence-corrected chi connectivity index (χ3v) is 3.88. The van der Waals surface area contributed by atoms with Gasteiger partial charge in [0, 0.05) is 12.2 Å². The lowest BCUT2D eigenvalue weighted by Crippen LogP contribution is -2.01. The van der Waals surface area contributed by atoms with Crippen LogP contribution < -0.4 is 0 Å². The largest absolute Gasteiger partial charge is 0.460 e. The Labute approximate surface area is 148 Å². The van der Waals surface area contributed by atoms with E-state index >= 15 is 0 Å². The molecule has 0 saturated heterocycles. The summed E-state index contributed by atoms with van der Waals surface area (Å²) in [5, 5.41) is 18.6. The molecular formula is C17H17N5O4. The highest BCUT2D eigenvalue weighted by Crippen LogP contribution is 2.14. The van der Waals surface area contributed by atoms with Gasteiger partial charge in [-0.1, -0.05) is 0 Å². The molecule has 26 heavy (non-hydrogen) atoms. The first-order chi connectivity index (χ1) is 12.5. The highest BCUT2D eigenvalue weighted by atomic mass is 16.6. The minimum atomic E-state index is -0.554. The van der Waals surface area contributed by atoms with Crippen molar-refractivity contribution in [2.45, 2.75) is 26.9 Å². The molecule has 3 aromatic rings. The van der Waals surface area contributed by atoms with Crippen LogP contribution in [-0.4, -0.2) is 30.3 Å². The molecule has 134 valence electrons. The third-order valence-electron chi connectivity index (χ3n) is 3.88. The van der Waals surface area contributed by atoms with Crippen molar-refractivity contribution < 1.29 is 14.1 Å². The molecular weight excluding hydrogens is 338 g/mol.